The van der Waals surface area contributed by atoms with Crippen LogP contribution in [0, 0.1) is 13.8 Å². The number of benzene rings is 1. The van der Waals surface area contributed by atoms with E-state index in [-0.39, 0.29) is 0 Å². The molecular formula is C10H9ClO. The molecule has 62 valence electrons. The van der Waals surface area contributed by atoms with Crippen LogP contribution in [0.5, 0.6) is 0 Å². The van der Waals surface area contributed by atoms with Crippen LogP contribution >= 0.6 is 11.6 Å². The van der Waals surface area contributed by atoms with Gasteiger partial charge in [-0.1, -0.05) is 17.7 Å². The van der Waals surface area contributed by atoms with Crippen molar-refractivity contribution >= 4 is 22.6 Å². The maximum Gasteiger partial charge on any atom is 0.152 e. The Kier molecular flexibility index (Phi) is 1.62. The number of rotatable bonds is 0. The van der Waals surface area contributed by atoms with Gasteiger partial charge in [-0.15, -0.1) is 0 Å². The van der Waals surface area contributed by atoms with E-state index in [2.05, 4.69) is 13.0 Å². The third kappa shape index (κ3) is 0.935. The van der Waals surface area contributed by atoms with Gasteiger partial charge in [0.2, 0.25) is 0 Å². The average molecular weight is 181 g/mol. The molecule has 0 fully saturated rings. The van der Waals surface area contributed by atoms with Gasteiger partial charge >= 0.3 is 0 Å². The third-order valence-electron chi connectivity index (χ3n) is 2.07. The van der Waals surface area contributed by atoms with Crippen molar-refractivity contribution in [3.05, 3.63) is 34.5 Å². The van der Waals surface area contributed by atoms with Crippen molar-refractivity contribution in [2.24, 2.45) is 0 Å². The Morgan fingerprint density at radius 1 is 1.25 bits per heavy atom. The molecule has 0 spiro atoms. The summed E-state index contributed by atoms with van der Waals surface area (Å²) in [5, 5.41) is 1.83. The maximum absolute atomic E-state index is 6.05. The smallest absolute Gasteiger partial charge is 0.152 e. The number of aryl methyl sites for hydroxylation is 2. The van der Waals surface area contributed by atoms with Crippen LogP contribution in [0.25, 0.3) is 11.0 Å². The van der Waals surface area contributed by atoms with Gasteiger partial charge in [-0.3, -0.25) is 0 Å². The topological polar surface area (TPSA) is 13.1 Å². The molecule has 0 aliphatic carbocycles. The van der Waals surface area contributed by atoms with Crippen LogP contribution in [0.4, 0.5) is 0 Å². The van der Waals surface area contributed by atoms with Gasteiger partial charge in [-0.25, -0.2) is 0 Å². The molecule has 0 radical (unpaired) electrons. The Labute approximate surface area is 75.9 Å². The molecule has 1 heterocycles. The summed E-state index contributed by atoms with van der Waals surface area (Å²) in [5.74, 6) is 0. The van der Waals surface area contributed by atoms with Gasteiger partial charge in [0, 0.05) is 5.39 Å². The SMILES string of the molecule is Cc1cc(C)c2ccoc2c1Cl. The minimum atomic E-state index is 0.723. The maximum atomic E-state index is 6.05. The quantitative estimate of drug-likeness (QED) is 0.603. The van der Waals surface area contributed by atoms with E-state index in [1.54, 1.807) is 6.26 Å². The van der Waals surface area contributed by atoms with E-state index in [0.717, 1.165) is 21.6 Å². The second-order valence-electron chi connectivity index (χ2n) is 2.99. The fourth-order valence-electron chi connectivity index (χ4n) is 1.43. The summed E-state index contributed by atoms with van der Waals surface area (Å²) in [6.45, 7) is 4.04. The van der Waals surface area contributed by atoms with Gasteiger partial charge in [0.25, 0.3) is 0 Å². The highest BCUT2D eigenvalue weighted by Crippen LogP contribution is 2.30. The normalized spacial score (nSPS) is 10.9. The monoisotopic (exact) mass is 180 g/mol. The van der Waals surface area contributed by atoms with Gasteiger partial charge in [0.15, 0.2) is 5.58 Å². The number of furan rings is 1. The summed E-state index contributed by atoms with van der Waals surface area (Å²) in [5.41, 5.74) is 3.08. The Balaban J connectivity index is 2.97. The van der Waals surface area contributed by atoms with Gasteiger partial charge in [-0.2, -0.15) is 0 Å². The van der Waals surface area contributed by atoms with Crippen molar-refractivity contribution in [1.29, 1.82) is 0 Å². The lowest BCUT2D eigenvalue weighted by Gasteiger charge is -2.00. The molecule has 0 atom stereocenters. The number of halogens is 1. The van der Waals surface area contributed by atoms with Crippen LogP contribution in [-0.2, 0) is 0 Å². The molecule has 0 saturated heterocycles. The van der Waals surface area contributed by atoms with Crippen molar-refractivity contribution in [2.75, 3.05) is 0 Å². The second-order valence-corrected chi connectivity index (χ2v) is 3.37. The zero-order valence-corrected chi connectivity index (χ0v) is 7.77. The fraction of sp³-hybridized carbons (Fsp3) is 0.200. The molecule has 12 heavy (non-hydrogen) atoms. The molecule has 0 aliphatic heterocycles. The molecule has 2 heteroatoms. The molecule has 0 bridgehead atoms. The standard InChI is InChI=1S/C10H9ClO/c1-6-5-7(2)9(11)10-8(6)3-4-12-10/h3-5H,1-2H3. The summed E-state index contributed by atoms with van der Waals surface area (Å²) in [6, 6.07) is 4.01. The van der Waals surface area contributed by atoms with Crippen LogP contribution < -0.4 is 0 Å². The highest BCUT2D eigenvalue weighted by molar-refractivity contribution is 6.35. The molecule has 1 nitrogen and oxygen atoms in total. The lowest BCUT2D eigenvalue weighted by Crippen LogP contribution is -1.79. The minimum Gasteiger partial charge on any atom is -0.463 e. The molecule has 1 aromatic carbocycles. The minimum absolute atomic E-state index is 0.723. The van der Waals surface area contributed by atoms with Gasteiger partial charge in [0.1, 0.15) is 0 Å². The molecule has 2 aromatic rings. The summed E-state index contributed by atoms with van der Waals surface area (Å²) >= 11 is 6.05. The third-order valence-corrected chi connectivity index (χ3v) is 2.54. The number of hydrogen-bond acceptors (Lipinski definition) is 1. The van der Waals surface area contributed by atoms with Crippen molar-refractivity contribution in [3.63, 3.8) is 0 Å². The first-order valence-corrected chi connectivity index (χ1v) is 4.21. The van der Waals surface area contributed by atoms with E-state index in [1.165, 1.54) is 5.56 Å². The molecule has 0 amide bonds. The fourth-order valence-corrected chi connectivity index (χ4v) is 1.64. The lowest BCUT2D eigenvalue weighted by molar-refractivity contribution is 0.615. The lowest BCUT2D eigenvalue weighted by atomic mass is 10.1. The Morgan fingerprint density at radius 2 is 2.00 bits per heavy atom. The Bertz CT molecular complexity index is 429. The molecule has 0 aliphatic rings. The van der Waals surface area contributed by atoms with Crippen molar-refractivity contribution in [1.82, 2.24) is 0 Å². The van der Waals surface area contributed by atoms with Crippen molar-refractivity contribution in [2.45, 2.75) is 13.8 Å². The first kappa shape index (κ1) is 7.69. The number of fused-ring (bicyclic) bond motifs is 1. The largest absolute Gasteiger partial charge is 0.463 e. The van der Waals surface area contributed by atoms with Crippen LogP contribution in [0.2, 0.25) is 5.02 Å². The zero-order valence-electron chi connectivity index (χ0n) is 7.02. The molecule has 0 N–H and O–H groups in total. The highest BCUT2D eigenvalue weighted by atomic mass is 35.5. The predicted octanol–water partition coefficient (Wildman–Crippen LogP) is 3.70. The molecule has 1 aromatic heterocycles. The van der Waals surface area contributed by atoms with E-state index in [9.17, 15) is 0 Å². The molecule has 0 unspecified atom stereocenters. The van der Waals surface area contributed by atoms with Crippen LogP contribution in [0.15, 0.2) is 22.8 Å². The van der Waals surface area contributed by atoms with Crippen molar-refractivity contribution < 1.29 is 4.42 Å². The second kappa shape index (κ2) is 2.53. The van der Waals surface area contributed by atoms with E-state index < -0.39 is 0 Å². The summed E-state index contributed by atoms with van der Waals surface area (Å²) in [7, 11) is 0. The first-order chi connectivity index (χ1) is 5.70. The molecular weight excluding hydrogens is 172 g/mol. The van der Waals surface area contributed by atoms with Gasteiger partial charge in [-0.05, 0) is 31.0 Å². The summed E-state index contributed by atoms with van der Waals surface area (Å²) in [6.07, 6.45) is 1.67. The summed E-state index contributed by atoms with van der Waals surface area (Å²) < 4.78 is 5.28. The van der Waals surface area contributed by atoms with E-state index in [4.69, 9.17) is 16.0 Å². The van der Waals surface area contributed by atoms with Gasteiger partial charge < -0.3 is 4.42 Å². The average Bonchev–Trinajstić information content (AvgIpc) is 2.48. The Morgan fingerprint density at radius 3 is 2.75 bits per heavy atom. The van der Waals surface area contributed by atoms with Crippen LogP contribution in [0.1, 0.15) is 11.1 Å². The van der Waals surface area contributed by atoms with E-state index >= 15 is 0 Å². The van der Waals surface area contributed by atoms with Gasteiger partial charge in [0.05, 0.1) is 11.3 Å². The number of hydrogen-bond donors (Lipinski definition) is 0. The summed E-state index contributed by atoms with van der Waals surface area (Å²) in [4.78, 5) is 0. The van der Waals surface area contributed by atoms with E-state index in [1.807, 2.05) is 13.0 Å². The van der Waals surface area contributed by atoms with E-state index in [0.29, 0.717) is 0 Å². The first-order valence-electron chi connectivity index (χ1n) is 3.83. The Hall–Kier alpha value is -0.950. The highest BCUT2D eigenvalue weighted by Gasteiger charge is 2.07. The zero-order chi connectivity index (χ0) is 8.72. The van der Waals surface area contributed by atoms with Crippen LogP contribution in [0.3, 0.4) is 0 Å². The van der Waals surface area contributed by atoms with Crippen molar-refractivity contribution in [3.8, 4) is 0 Å². The van der Waals surface area contributed by atoms with Crippen LogP contribution in [-0.4, -0.2) is 0 Å². The predicted molar refractivity (Wildman–Crippen MR) is 50.7 cm³/mol. The molecule has 0 saturated carbocycles. The molecule has 2 rings (SSSR count).